The summed E-state index contributed by atoms with van der Waals surface area (Å²) < 4.78 is 31.5. The molecule has 0 unspecified atom stereocenters. The summed E-state index contributed by atoms with van der Waals surface area (Å²) in [5, 5.41) is 4.81. The molecule has 2 rings (SSSR count). The summed E-state index contributed by atoms with van der Waals surface area (Å²) >= 11 is 1.47. The van der Waals surface area contributed by atoms with Gasteiger partial charge in [0.1, 0.15) is 0 Å². The first-order valence-electron chi connectivity index (χ1n) is 5.45. The van der Waals surface area contributed by atoms with Gasteiger partial charge in [-0.2, -0.15) is 4.31 Å². The first kappa shape index (κ1) is 13.0. The summed E-state index contributed by atoms with van der Waals surface area (Å²) in [4.78, 5) is 1.29. The van der Waals surface area contributed by atoms with Crippen LogP contribution in [0, 0.1) is 0 Å². The highest BCUT2D eigenvalue weighted by molar-refractivity contribution is 7.89. The molecule has 1 aromatic rings. The van der Waals surface area contributed by atoms with Gasteiger partial charge in [0.25, 0.3) is 0 Å². The van der Waals surface area contributed by atoms with E-state index < -0.39 is 10.0 Å². The Labute approximate surface area is 105 Å². The van der Waals surface area contributed by atoms with Crippen LogP contribution in [-0.4, -0.2) is 46.1 Å². The normalized spacial score (nSPS) is 18.4. The van der Waals surface area contributed by atoms with Crippen LogP contribution in [0.3, 0.4) is 0 Å². The maximum atomic E-state index is 12.4. The van der Waals surface area contributed by atoms with Crippen molar-refractivity contribution in [2.24, 2.45) is 0 Å². The molecule has 0 aromatic carbocycles. The minimum absolute atomic E-state index is 0.429. The van der Waals surface area contributed by atoms with E-state index in [-0.39, 0.29) is 0 Å². The van der Waals surface area contributed by atoms with Crippen LogP contribution in [0.1, 0.15) is 4.88 Å². The van der Waals surface area contributed by atoms with Gasteiger partial charge in [-0.15, -0.1) is 11.3 Å². The van der Waals surface area contributed by atoms with Crippen molar-refractivity contribution in [2.75, 3.05) is 33.4 Å². The van der Waals surface area contributed by atoms with Crippen molar-refractivity contribution in [2.45, 2.75) is 11.4 Å². The Bertz CT molecular complexity index is 464. The predicted octanol–water partition coefficient (Wildman–Crippen LogP) is 0.488. The molecular weight excluding hydrogens is 260 g/mol. The summed E-state index contributed by atoms with van der Waals surface area (Å²) in [7, 11) is -1.54. The minimum atomic E-state index is -3.35. The monoisotopic (exact) mass is 276 g/mol. The molecular formula is C10H16N2O3S2. The number of rotatable bonds is 4. The molecule has 0 spiro atoms. The molecule has 96 valence electrons. The lowest BCUT2D eigenvalue weighted by atomic mass is 10.5. The third-order valence-corrected chi connectivity index (χ3v) is 5.66. The molecule has 5 nitrogen and oxygen atoms in total. The largest absolute Gasteiger partial charge is 0.379 e. The lowest BCUT2D eigenvalue weighted by molar-refractivity contribution is 0.0730. The Hall–Kier alpha value is -0.470. The molecule has 0 amide bonds. The Kier molecular flexibility index (Phi) is 4.16. The summed E-state index contributed by atoms with van der Waals surface area (Å²) in [6.45, 7) is 2.42. The average Bonchev–Trinajstić information content (AvgIpc) is 2.80. The SMILES string of the molecule is CNCc1sccc1S(=O)(=O)N1CCOCC1. The van der Waals surface area contributed by atoms with Crippen molar-refractivity contribution < 1.29 is 13.2 Å². The highest BCUT2D eigenvalue weighted by atomic mass is 32.2. The van der Waals surface area contributed by atoms with E-state index in [9.17, 15) is 8.42 Å². The number of thiophene rings is 1. The van der Waals surface area contributed by atoms with Gasteiger partial charge >= 0.3 is 0 Å². The number of nitrogens with zero attached hydrogens (tertiary/aromatic N) is 1. The number of nitrogens with one attached hydrogen (secondary N) is 1. The van der Waals surface area contributed by atoms with Crippen molar-refractivity contribution in [1.82, 2.24) is 9.62 Å². The molecule has 1 N–H and O–H groups in total. The molecule has 0 bridgehead atoms. The van der Waals surface area contributed by atoms with Gasteiger partial charge in [0.15, 0.2) is 0 Å². The van der Waals surface area contributed by atoms with Gasteiger partial charge in [-0.25, -0.2) is 8.42 Å². The van der Waals surface area contributed by atoms with Crippen molar-refractivity contribution in [3.8, 4) is 0 Å². The quantitative estimate of drug-likeness (QED) is 0.869. The second-order valence-electron chi connectivity index (χ2n) is 3.75. The molecule has 7 heteroatoms. The highest BCUT2D eigenvalue weighted by Crippen LogP contribution is 2.25. The van der Waals surface area contributed by atoms with Crippen LogP contribution in [0.4, 0.5) is 0 Å². The zero-order valence-corrected chi connectivity index (χ0v) is 11.3. The van der Waals surface area contributed by atoms with E-state index in [1.165, 1.54) is 15.6 Å². The first-order chi connectivity index (χ1) is 8.16. The standard InChI is InChI=1S/C10H16N2O3S2/c1-11-8-9-10(2-7-16-9)17(13,14)12-3-5-15-6-4-12/h2,7,11H,3-6,8H2,1H3. The van der Waals surface area contributed by atoms with Gasteiger partial charge in [-0.05, 0) is 18.5 Å². The van der Waals surface area contributed by atoms with Crippen molar-refractivity contribution in [3.05, 3.63) is 16.3 Å². The summed E-state index contributed by atoms with van der Waals surface area (Å²) in [5.74, 6) is 0. The molecule has 1 aliphatic heterocycles. The lowest BCUT2D eigenvalue weighted by Crippen LogP contribution is -2.40. The smallest absolute Gasteiger partial charge is 0.244 e. The van der Waals surface area contributed by atoms with Crippen LogP contribution in [0.25, 0.3) is 0 Å². The van der Waals surface area contributed by atoms with Gasteiger partial charge < -0.3 is 10.1 Å². The maximum absolute atomic E-state index is 12.4. The van der Waals surface area contributed by atoms with E-state index in [1.54, 1.807) is 6.07 Å². The predicted molar refractivity (Wildman–Crippen MR) is 66.7 cm³/mol. The van der Waals surface area contributed by atoms with Crippen LogP contribution in [0.15, 0.2) is 16.3 Å². The van der Waals surface area contributed by atoms with Crippen LogP contribution >= 0.6 is 11.3 Å². The highest BCUT2D eigenvalue weighted by Gasteiger charge is 2.28. The number of sulfonamides is 1. The fraction of sp³-hybridized carbons (Fsp3) is 0.600. The van der Waals surface area contributed by atoms with E-state index >= 15 is 0 Å². The number of ether oxygens (including phenoxy) is 1. The topological polar surface area (TPSA) is 58.6 Å². The molecule has 1 aromatic heterocycles. The maximum Gasteiger partial charge on any atom is 0.244 e. The van der Waals surface area contributed by atoms with E-state index in [0.29, 0.717) is 37.7 Å². The number of hydrogen-bond acceptors (Lipinski definition) is 5. The lowest BCUT2D eigenvalue weighted by Gasteiger charge is -2.26. The van der Waals surface area contributed by atoms with E-state index in [1.807, 2.05) is 12.4 Å². The van der Waals surface area contributed by atoms with E-state index in [4.69, 9.17) is 4.74 Å². The molecule has 1 aliphatic rings. The van der Waals surface area contributed by atoms with E-state index in [0.717, 1.165) is 4.88 Å². The third-order valence-electron chi connectivity index (χ3n) is 2.63. The third kappa shape index (κ3) is 2.69. The van der Waals surface area contributed by atoms with Crippen molar-refractivity contribution in [3.63, 3.8) is 0 Å². The zero-order chi connectivity index (χ0) is 12.3. The molecule has 17 heavy (non-hydrogen) atoms. The molecule has 0 saturated carbocycles. The van der Waals surface area contributed by atoms with Crippen molar-refractivity contribution in [1.29, 1.82) is 0 Å². The Morgan fingerprint density at radius 1 is 1.47 bits per heavy atom. The van der Waals surface area contributed by atoms with Gasteiger partial charge in [0.05, 0.1) is 18.1 Å². The van der Waals surface area contributed by atoms with Crippen LogP contribution in [-0.2, 0) is 21.3 Å². The van der Waals surface area contributed by atoms with Gasteiger partial charge in [0.2, 0.25) is 10.0 Å². The summed E-state index contributed by atoms with van der Waals surface area (Å²) in [6, 6.07) is 1.68. The molecule has 0 aliphatic carbocycles. The van der Waals surface area contributed by atoms with E-state index in [2.05, 4.69) is 5.32 Å². The molecule has 0 atom stereocenters. The molecule has 0 radical (unpaired) electrons. The van der Waals surface area contributed by atoms with Crippen molar-refractivity contribution >= 4 is 21.4 Å². The molecule has 2 heterocycles. The Balaban J connectivity index is 2.27. The Morgan fingerprint density at radius 3 is 2.82 bits per heavy atom. The van der Waals surface area contributed by atoms with Gasteiger partial charge in [-0.1, -0.05) is 0 Å². The second-order valence-corrected chi connectivity index (χ2v) is 6.66. The van der Waals surface area contributed by atoms with Crippen LogP contribution in [0.2, 0.25) is 0 Å². The number of hydrogen-bond donors (Lipinski definition) is 1. The number of morpholine rings is 1. The fourth-order valence-electron chi connectivity index (χ4n) is 1.77. The van der Waals surface area contributed by atoms with Gasteiger partial charge in [0, 0.05) is 24.5 Å². The fourth-order valence-corrected chi connectivity index (χ4v) is 4.61. The molecule has 1 fully saturated rings. The van der Waals surface area contributed by atoms with Crippen LogP contribution in [0.5, 0.6) is 0 Å². The average molecular weight is 276 g/mol. The second kappa shape index (κ2) is 5.45. The summed E-state index contributed by atoms with van der Waals surface area (Å²) in [5.41, 5.74) is 0. The Morgan fingerprint density at radius 2 is 2.18 bits per heavy atom. The minimum Gasteiger partial charge on any atom is -0.379 e. The molecule has 1 saturated heterocycles. The summed E-state index contributed by atoms with van der Waals surface area (Å²) in [6.07, 6.45) is 0. The van der Waals surface area contributed by atoms with Crippen LogP contribution < -0.4 is 5.32 Å². The van der Waals surface area contributed by atoms with Gasteiger partial charge in [-0.3, -0.25) is 0 Å². The zero-order valence-electron chi connectivity index (χ0n) is 9.68. The first-order valence-corrected chi connectivity index (χ1v) is 7.77.